The fraction of sp³-hybridized carbons (Fsp3) is 0.259. The van der Waals surface area contributed by atoms with E-state index in [1.807, 2.05) is 30.3 Å². The molecular weight excluding hydrogens is 354 g/mol. The number of allylic oxidation sites excluding steroid dienone is 2. The number of hydrogen-bond acceptors (Lipinski definition) is 2. The molecule has 29 heavy (non-hydrogen) atoms. The highest BCUT2D eigenvalue weighted by Crippen LogP contribution is 2.51. The summed E-state index contributed by atoms with van der Waals surface area (Å²) < 4.78 is 6.10. The summed E-state index contributed by atoms with van der Waals surface area (Å²) in [6, 6.07) is 21.4. The molecule has 0 aromatic heterocycles. The van der Waals surface area contributed by atoms with Gasteiger partial charge in [0.1, 0.15) is 11.5 Å². The topological polar surface area (TPSA) is 21.3 Å². The van der Waals surface area contributed by atoms with E-state index in [2.05, 4.69) is 68.6 Å². The van der Waals surface area contributed by atoms with Crippen molar-refractivity contribution in [2.45, 2.75) is 39.2 Å². The maximum atomic E-state index is 6.10. The molecule has 1 N–H and O–H groups in total. The number of benzene rings is 3. The Labute approximate surface area is 173 Å². The lowest BCUT2D eigenvalue weighted by Crippen LogP contribution is -2.30. The normalized spacial score (nSPS) is 22.0. The van der Waals surface area contributed by atoms with Crippen molar-refractivity contribution in [1.29, 1.82) is 0 Å². The van der Waals surface area contributed by atoms with Crippen LogP contribution in [0, 0.1) is 26.7 Å². The average Bonchev–Trinajstić information content (AvgIpc) is 3.19. The summed E-state index contributed by atoms with van der Waals surface area (Å²) in [6.07, 6.45) is 5.85. The van der Waals surface area contributed by atoms with Gasteiger partial charge >= 0.3 is 0 Å². The van der Waals surface area contributed by atoms with Crippen LogP contribution in [0.5, 0.6) is 11.5 Å². The number of hydrogen-bond donors (Lipinski definition) is 1. The Morgan fingerprint density at radius 3 is 2.38 bits per heavy atom. The van der Waals surface area contributed by atoms with Crippen LogP contribution < -0.4 is 10.1 Å². The van der Waals surface area contributed by atoms with Crippen LogP contribution in [0.15, 0.2) is 72.8 Å². The summed E-state index contributed by atoms with van der Waals surface area (Å²) in [5.41, 5.74) is 8.14. The third kappa shape index (κ3) is 3.23. The molecule has 1 aliphatic carbocycles. The SMILES string of the molecule is Cc1cc(C)c(C2Nc3ccc(Oc4ccccc4)cc3C3C=CCC32)c(C)c1. The van der Waals surface area contributed by atoms with Crippen molar-refractivity contribution >= 4 is 5.69 Å². The van der Waals surface area contributed by atoms with Crippen LogP contribution in [-0.4, -0.2) is 0 Å². The van der Waals surface area contributed by atoms with Gasteiger partial charge < -0.3 is 10.1 Å². The van der Waals surface area contributed by atoms with Crippen molar-refractivity contribution in [3.8, 4) is 11.5 Å². The largest absolute Gasteiger partial charge is 0.457 e. The number of aryl methyl sites for hydroxylation is 3. The molecule has 1 aliphatic heterocycles. The Balaban J connectivity index is 1.52. The maximum absolute atomic E-state index is 6.10. The van der Waals surface area contributed by atoms with Crippen molar-refractivity contribution in [3.05, 3.63) is 101 Å². The van der Waals surface area contributed by atoms with E-state index in [-0.39, 0.29) is 0 Å². The molecule has 0 saturated heterocycles. The standard InChI is InChI=1S/C27H27NO/c1-17-14-18(2)26(19(3)15-17)27-23-11-7-10-22(23)24-16-21(12-13-25(24)28-27)29-20-8-5-4-6-9-20/h4-10,12-16,22-23,27-28H,11H2,1-3H3. The first-order valence-electron chi connectivity index (χ1n) is 10.5. The summed E-state index contributed by atoms with van der Waals surface area (Å²) in [7, 11) is 0. The summed E-state index contributed by atoms with van der Waals surface area (Å²) in [5.74, 6) is 2.74. The highest BCUT2D eigenvalue weighted by Gasteiger charge is 2.39. The van der Waals surface area contributed by atoms with Crippen LogP contribution in [0.3, 0.4) is 0 Å². The molecule has 0 fully saturated rings. The molecule has 0 saturated carbocycles. The smallest absolute Gasteiger partial charge is 0.127 e. The summed E-state index contributed by atoms with van der Waals surface area (Å²) in [4.78, 5) is 0. The second kappa shape index (κ2) is 7.11. The highest BCUT2D eigenvalue weighted by atomic mass is 16.5. The number of fused-ring (bicyclic) bond motifs is 3. The second-order valence-corrected chi connectivity index (χ2v) is 8.45. The molecule has 3 unspecified atom stereocenters. The molecule has 2 heteroatoms. The van der Waals surface area contributed by atoms with Crippen molar-refractivity contribution < 1.29 is 4.74 Å². The van der Waals surface area contributed by atoms with Gasteiger partial charge in [0.25, 0.3) is 0 Å². The molecule has 2 aliphatic rings. The fourth-order valence-electron chi connectivity index (χ4n) is 5.23. The first-order valence-corrected chi connectivity index (χ1v) is 10.5. The number of para-hydroxylation sites is 1. The Morgan fingerprint density at radius 2 is 1.62 bits per heavy atom. The van der Waals surface area contributed by atoms with Gasteiger partial charge in [0.05, 0.1) is 6.04 Å². The molecule has 0 bridgehead atoms. The molecule has 2 nitrogen and oxygen atoms in total. The van der Waals surface area contributed by atoms with Gasteiger partial charge in [-0.1, -0.05) is 48.0 Å². The van der Waals surface area contributed by atoms with Gasteiger partial charge in [-0.25, -0.2) is 0 Å². The van der Waals surface area contributed by atoms with Gasteiger partial charge in [0.15, 0.2) is 0 Å². The molecule has 1 heterocycles. The van der Waals surface area contributed by atoms with E-state index in [1.165, 1.54) is 33.5 Å². The number of nitrogens with one attached hydrogen (secondary N) is 1. The van der Waals surface area contributed by atoms with E-state index in [0.717, 1.165) is 17.9 Å². The van der Waals surface area contributed by atoms with Gasteiger partial charge in [-0.15, -0.1) is 0 Å². The minimum absolute atomic E-state index is 0.337. The van der Waals surface area contributed by atoms with Crippen molar-refractivity contribution in [2.75, 3.05) is 5.32 Å². The van der Waals surface area contributed by atoms with E-state index in [1.54, 1.807) is 0 Å². The predicted octanol–water partition coefficient (Wildman–Crippen LogP) is 7.23. The third-order valence-electron chi connectivity index (χ3n) is 6.36. The van der Waals surface area contributed by atoms with Gasteiger partial charge in [0, 0.05) is 11.6 Å². The molecule has 3 aromatic rings. The van der Waals surface area contributed by atoms with Crippen molar-refractivity contribution in [2.24, 2.45) is 5.92 Å². The monoisotopic (exact) mass is 381 g/mol. The van der Waals surface area contributed by atoms with Crippen molar-refractivity contribution in [3.63, 3.8) is 0 Å². The number of rotatable bonds is 3. The molecule has 0 radical (unpaired) electrons. The minimum Gasteiger partial charge on any atom is -0.457 e. The zero-order chi connectivity index (χ0) is 20.0. The second-order valence-electron chi connectivity index (χ2n) is 8.45. The van der Waals surface area contributed by atoms with Gasteiger partial charge in [-0.2, -0.15) is 0 Å². The van der Waals surface area contributed by atoms with E-state index in [4.69, 9.17) is 4.74 Å². The zero-order valence-corrected chi connectivity index (χ0v) is 17.3. The lowest BCUT2D eigenvalue weighted by atomic mass is 9.75. The van der Waals surface area contributed by atoms with Crippen LogP contribution in [0.4, 0.5) is 5.69 Å². The average molecular weight is 382 g/mol. The van der Waals surface area contributed by atoms with Crippen molar-refractivity contribution in [1.82, 2.24) is 0 Å². The van der Waals surface area contributed by atoms with E-state index >= 15 is 0 Å². The van der Waals surface area contributed by atoms with Gasteiger partial charge in [0.2, 0.25) is 0 Å². The predicted molar refractivity (Wildman–Crippen MR) is 120 cm³/mol. The Kier molecular flexibility index (Phi) is 4.43. The quantitative estimate of drug-likeness (QED) is 0.483. The molecule has 146 valence electrons. The summed E-state index contributed by atoms with van der Waals surface area (Å²) in [5, 5.41) is 3.88. The maximum Gasteiger partial charge on any atom is 0.127 e. The van der Waals surface area contributed by atoms with Gasteiger partial charge in [-0.3, -0.25) is 0 Å². The Hall–Kier alpha value is -3.00. The third-order valence-corrected chi connectivity index (χ3v) is 6.36. The van der Waals surface area contributed by atoms with Crippen LogP contribution in [0.2, 0.25) is 0 Å². The molecule has 3 aromatic carbocycles. The molecule has 0 spiro atoms. The summed E-state index contributed by atoms with van der Waals surface area (Å²) >= 11 is 0. The van der Waals surface area contributed by atoms with Crippen LogP contribution >= 0.6 is 0 Å². The molecule has 3 atom stereocenters. The molecule has 0 amide bonds. The molecular formula is C27H27NO. The van der Waals surface area contributed by atoms with Crippen LogP contribution in [0.25, 0.3) is 0 Å². The van der Waals surface area contributed by atoms with E-state index in [0.29, 0.717) is 17.9 Å². The van der Waals surface area contributed by atoms with Gasteiger partial charge in [-0.05, 0) is 85.7 Å². The number of anilines is 1. The fourth-order valence-corrected chi connectivity index (χ4v) is 5.23. The highest BCUT2D eigenvalue weighted by molar-refractivity contribution is 5.63. The van der Waals surface area contributed by atoms with Crippen LogP contribution in [0.1, 0.15) is 46.2 Å². The van der Waals surface area contributed by atoms with E-state index < -0.39 is 0 Å². The lowest BCUT2D eigenvalue weighted by molar-refractivity contribution is 0.420. The number of ether oxygens (including phenoxy) is 1. The lowest BCUT2D eigenvalue weighted by Gasteiger charge is -2.39. The minimum atomic E-state index is 0.337. The zero-order valence-electron chi connectivity index (χ0n) is 17.3. The Bertz CT molecular complexity index is 1060. The van der Waals surface area contributed by atoms with Crippen LogP contribution in [-0.2, 0) is 0 Å². The Morgan fingerprint density at radius 1 is 0.862 bits per heavy atom. The molecule has 5 rings (SSSR count). The van der Waals surface area contributed by atoms with E-state index in [9.17, 15) is 0 Å². The summed E-state index contributed by atoms with van der Waals surface area (Å²) in [6.45, 7) is 6.68. The first-order chi connectivity index (χ1) is 14.1. The first kappa shape index (κ1) is 18.1.